The van der Waals surface area contributed by atoms with Crippen molar-refractivity contribution in [3.05, 3.63) is 35.5 Å². The van der Waals surface area contributed by atoms with E-state index in [1.165, 1.54) is 4.90 Å². The van der Waals surface area contributed by atoms with Gasteiger partial charge in [0.2, 0.25) is 5.91 Å². The third-order valence-corrected chi connectivity index (χ3v) is 4.83. The first-order valence-corrected chi connectivity index (χ1v) is 8.23. The average molecular weight is 342 g/mol. The van der Waals surface area contributed by atoms with Crippen LogP contribution in [0.25, 0.3) is 10.9 Å². The molecule has 2 aromatic rings. The van der Waals surface area contributed by atoms with E-state index in [2.05, 4.69) is 10.3 Å². The number of benzene rings is 1. The zero-order valence-electron chi connectivity index (χ0n) is 13.5. The highest BCUT2D eigenvalue weighted by Crippen LogP contribution is 2.38. The SMILES string of the molecule is O=C(O)NCCCN1C(=O)C2CN(Cc3[nH]c4ccccc4c32)C1=O. The number of rotatable bonds is 4. The summed E-state index contributed by atoms with van der Waals surface area (Å²) in [5, 5.41) is 11.9. The van der Waals surface area contributed by atoms with Crippen LogP contribution in [0.5, 0.6) is 0 Å². The summed E-state index contributed by atoms with van der Waals surface area (Å²) in [6, 6.07) is 7.53. The van der Waals surface area contributed by atoms with Crippen molar-refractivity contribution >= 4 is 28.9 Å². The Labute approximate surface area is 143 Å². The maximum atomic E-state index is 12.9. The summed E-state index contributed by atoms with van der Waals surface area (Å²) in [7, 11) is 0. The summed E-state index contributed by atoms with van der Waals surface area (Å²) >= 11 is 0. The number of carbonyl (C=O) groups is 3. The Kier molecular flexibility index (Phi) is 3.60. The number of H-pyrrole nitrogens is 1. The second-order valence-corrected chi connectivity index (χ2v) is 6.35. The van der Waals surface area contributed by atoms with Gasteiger partial charge < -0.3 is 20.3 Å². The van der Waals surface area contributed by atoms with Gasteiger partial charge in [0.25, 0.3) is 0 Å². The fourth-order valence-corrected chi connectivity index (χ4v) is 3.75. The maximum Gasteiger partial charge on any atom is 0.404 e. The highest BCUT2D eigenvalue weighted by atomic mass is 16.4. The number of fused-ring (bicyclic) bond motifs is 6. The molecule has 0 saturated carbocycles. The van der Waals surface area contributed by atoms with Crippen molar-refractivity contribution in [1.29, 1.82) is 0 Å². The van der Waals surface area contributed by atoms with Crippen molar-refractivity contribution in [2.75, 3.05) is 19.6 Å². The summed E-state index contributed by atoms with van der Waals surface area (Å²) < 4.78 is 0. The van der Waals surface area contributed by atoms with Gasteiger partial charge in [0.15, 0.2) is 0 Å². The predicted octanol–water partition coefficient (Wildman–Crippen LogP) is 1.69. The van der Waals surface area contributed by atoms with Crippen molar-refractivity contribution in [2.45, 2.75) is 18.9 Å². The number of aromatic amines is 1. The third kappa shape index (κ3) is 2.50. The molecule has 1 fully saturated rings. The molecule has 1 atom stereocenters. The monoisotopic (exact) mass is 342 g/mol. The molecule has 0 radical (unpaired) electrons. The van der Waals surface area contributed by atoms with Crippen LogP contribution in [-0.2, 0) is 11.3 Å². The van der Waals surface area contributed by atoms with E-state index in [1.807, 2.05) is 24.3 Å². The van der Waals surface area contributed by atoms with E-state index in [-0.39, 0.29) is 30.9 Å². The van der Waals surface area contributed by atoms with Crippen LogP contribution in [0, 0.1) is 0 Å². The molecule has 8 nitrogen and oxygen atoms in total. The van der Waals surface area contributed by atoms with Gasteiger partial charge in [-0.25, -0.2) is 9.59 Å². The molecule has 0 spiro atoms. The lowest BCUT2D eigenvalue weighted by molar-refractivity contribution is -0.133. The number of nitrogens with one attached hydrogen (secondary N) is 2. The Morgan fingerprint density at radius 1 is 1.32 bits per heavy atom. The molecule has 25 heavy (non-hydrogen) atoms. The van der Waals surface area contributed by atoms with Gasteiger partial charge in [-0.1, -0.05) is 18.2 Å². The molecule has 3 N–H and O–H groups in total. The standard InChI is InChI=1S/C17H18N4O4/c22-15-11-8-20(17(25)21(15)7-3-6-18-16(23)24)9-13-14(11)10-4-1-2-5-12(10)19-13/h1-2,4-5,11,18-19H,3,6-9H2,(H,23,24). The highest BCUT2D eigenvalue weighted by molar-refractivity contribution is 6.04. The van der Waals surface area contributed by atoms with Crippen molar-refractivity contribution < 1.29 is 19.5 Å². The minimum absolute atomic E-state index is 0.204. The lowest BCUT2D eigenvalue weighted by atomic mass is 9.89. The smallest absolute Gasteiger partial charge is 0.404 e. The number of carboxylic acid groups (broad SMARTS) is 1. The molecular weight excluding hydrogens is 324 g/mol. The summed E-state index contributed by atoms with van der Waals surface area (Å²) in [5.74, 6) is -0.577. The molecule has 2 aliphatic rings. The van der Waals surface area contributed by atoms with E-state index >= 15 is 0 Å². The number of hydrogen-bond donors (Lipinski definition) is 3. The minimum Gasteiger partial charge on any atom is -0.465 e. The van der Waals surface area contributed by atoms with E-state index < -0.39 is 6.09 Å². The molecular formula is C17H18N4O4. The molecule has 1 aromatic carbocycles. The van der Waals surface area contributed by atoms with E-state index in [9.17, 15) is 14.4 Å². The average Bonchev–Trinajstić information content (AvgIpc) is 2.97. The molecule has 1 aromatic heterocycles. The van der Waals surface area contributed by atoms with Gasteiger partial charge in [-0.3, -0.25) is 9.69 Å². The quantitative estimate of drug-likeness (QED) is 0.735. The second kappa shape index (κ2) is 5.80. The van der Waals surface area contributed by atoms with Crippen molar-refractivity contribution in [1.82, 2.24) is 20.1 Å². The number of amides is 4. The Morgan fingerprint density at radius 2 is 2.12 bits per heavy atom. The summed E-state index contributed by atoms with van der Waals surface area (Å²) in [4.78, 5) is 42.2. The van der Waals surface area contributed by atoms with Crippen LogP contribution in [0.4, 0.5) is 9.59 Å². The molecule has 8 heteroatoms. The number of aromatic nitrogens is 1. The topological polar surface area (TPSA) is 106 Å². The summed E-state index contributed by atoms with van der Waals surface area (Å²) in [6.07, 6.45) is -0.717. The fourth-order valence-electron chi connectivity index (χ4n) is 3.75. The van der Waals surface area contributed by atoms with Gasteiger partial charge in [-0.2, -0.15) is 0 Å². The van der Waals surface area contributed by atoms with Crippen LogP contribution in [0.15, 0.2) is 24.3 Å². The van der Waals surface area contributed by atoms with Crippen LogP contribution in [0.2, 0.25) is 0 Å². The van der Waals surface area contributed by atoms with Crippen LogP contribution in [0.3, 0.4) is 0 Å². The van der Waals surface area contributed by atoms with E-state index in [0.29, 0.717) is 19.5 Å². The second-order valence-electron chi connectivity index (χ2n) is 6.35. The number of imide groups is 1. The maximum absolute atomic E-state index is 12.9. The number of para-hydroxylation sites is 1. The number of nitrogens with zero attached hydrogens (tertiary/aromatic N) is 2. The van der Waals surface area contributed by atoms with Gasteiger partial charge >= 0.3 is 12.1 Å². The third-order valence-electron chi connectivity index (χ3n) is 4.83. The van der Waals surface area contributed by atoms with E-state index in [1.54, 1.807) is 4.90 Å². The van der Waals surface area contributed by atoms with Crippen LogP contribution >= 0.6 is 0 Å². The predicted molar refractivity (Wildman–Crippen MR) is 89.2 cm³/mol. The Hall–Kier alpha value is -3.03. The molecule has 4 rings (SSSR count). The number of urea groups is 1. The molecule has 1 unspecified atom stereocenters. The summed E-state index contributed by atoms with van der Waals surface area (Å²) in [5.41, 5.74) is 2.88. The first-order chi connectivity index (χ1) is 12.1. The zero-order valence-corrected chi connectivity index (χ0v) is 13.5. The molecule has 3 heterocycles. The first kappa shape index (κ1) is 15.5. The van der Waals surface area contributed by atoms with Crippen molar-refractivity contribution in [3.8, 4) is 0 Å². The van der Waals surface area contributed by atoms with Crippen LogP contribution in [-0.4, -0.2) is 57.6 Å². The van der Waals surface area contributed by atoms with Crippen molar-refractivity contribution in [3.63, 3.8) is 0 Å². The first-order valence-electron chi connectivity index (χ1n) is 8.23. The van der Waals surface area contributed by atoms with Crippen LogP contribution in [0.1, 0.15) is 23.6 Å². The van der Waals surface area contributed by atoms with Crippen molar-refractivity contribution in [2.24, 2.45) is 0 Å². The fraction of sp³-hybridized carbons (Fsp3) is 0.353. The Balaban J connectivity index is 1.61. The molecule has 130 valence electrons. The van der Waals surface area contributed by atoms with E-state index in [0.717, 1.165) is 22.2 Å². The summed E-state index contributed by atoms with van der Waals surface area (Å²) in [6.45, 7) is 1.27. The molecule has 2 bridgehead atoms. The molecule has 2 aliphatic heterocycles. The van der Waals surface area contributed by atoms with Gasteiger partial charge in [-0.05, 0) is 18.1 Å². The largest absolute Gasteiger partial charge is 0.465 e. The lowest BCUT2D eigenvalue weighted by Crippen LogP contribution is -2.57. The number of hydrogen-bond acceptors (Lipinski definition) is 3. The van der Waals surface area contributed by atoms with Gasteiger partial charge in [0.05, 0.1) is 12.5 Å². The normalized spacial score (nSPS) is 19.3. The number of carbonyl (C=O) groups excluding carboxylic acids is 2. The highest BCUT2D eigenvalue weighted by Gasteiger charge is 2.44. The Morgan fingerprint density at radius 3 is 2.92 bits per heavy atom. The van der Waals surface area contributed by atoms with Crippen LogP contribution < -0.4 is 5.32 Å². The molecule has 0 aliphatic carbocycles. The van der Waals surface area contributed by atoms with Gasteiger partial charge in [0, 0.05) is 36.2 Å². The van der Waals surface area contributed by atoms with Gasteiger partial charge in [-0.15, -0.1) is 0 Å². The Bertz CT molecular complexity index is 875. The molecule has 4 amide bonds. The van der Waals surface area contributed by atoms with Gasteiger partial charge in [0.1, 0.15) is 0 Å². The molecule has 1 saturated heterocycles. The minimum atomic E-state index is -1.11. The zero-order chi connectivity index (χ0) is 17.6. The lowest BCUT2D eigenvalue weighted by Gasteiger charge is -2.42. The van der Waals surface area contributed by atoms with E-state index in [4.69, 9.17) is 5.11 Å².